The molecule has 1 aromatic heterocycles. The van der Waals surface area contributed by atoms with E-state index in [-0.39, 0.29) is 0 Å². The van der Waals surface area contributed by atoms with Crippen molar-refractivity contribution >= 4 is 0 Å². The van der Waals surface area contributed by atoms with Crippen molar-refractivity contribution in [3.8, 4) is 11.1 Å². The molecule has 0 saturated heterocycles. The number of nitrogens with zero attached hydrogens (tertiary/aromatic N) is 1. The Kier molecular flexibility index (Phi) is 2.50. The van der Waals surface area contributed by atoms with E-state index in [1.54, 1.807) is 13.1 Å². The SMILES string of the molecule is Cc1cccc(-c2cnc(F)c(C)c2)c1. The van der Waals surface area contributed by atoms with Crippen molar-refractivity contribution in [1.82, 2.24) is 4.98 Å². The highest BCUT2D eigenvalue weighted by Gasteiger charge is 2.02. The van der Waals surface area contributed by atoms with Crippen molar-refractivity contribution in [3.63, 3.8) is 0 Å². The summed E-state index contributed by atoms with van der Waals surface area (Å²) in [4.78, 5) is 3.72. The number of aryl methyl sites for hydroxylation is 2. The number of rotatable bonds is 1. The molecule has 1 heterocycles. The summed E-state index contributed by atoms with van der Waals surface area (Å²) in [6.07, 6.45) is 1.57. The van der Waals surface area contributed by atoms with Crippen molar-refractivity contribution in [2.45, 2.75) is 13.8 Å². The van der Waals surface area contributed by atoms with E-state index in [0.717, 1.165) is 11.1 Å². The van der Waals surface area contributed by atoms with Gasteiger partial charge in [0.15, 0.2) is 0 Å². The Balaban J connectivity index is 2.50. The first-order chi connectivity index (χ1) is 7.16. The van der Waals surface area contributed by atoms with Crippen LogP contribution in [0.4, 0.5) is 4.39 Å². The number of hydrogen-bond acceptors (Lipinski definition) is 1. The zero-order valence-corrected chi connectivity index (χ0v) is 8.79. The molecule has 2 rings (SSSR count). The minimum atomic E-state index is -0.397. The fraction of sp³-hybridized carbons (Fsp3) is 0.154. The molecule has 2 heteroatoms. The minimum absolute atomic E-state index is 0.397. The number of hydrogen-bond donors (Lipinski definition) is 0. The molecule has 15 heavy (non-hydrogen) atoms. The predicted octanol–water partition coefficient (Wildman–Crippen LogP) is 3.50. The Morgan fingerprint density at radius 3 is 2.53 bits per heavy atom. The third kappa shape index (κ3) is 2.04. The van der Waals surface area contributed by atoms with Gasteiger partial charge < -0.3 is 0 Å². The van der Waals surface area contributed by atoms with Gasteiger partial charge >= 0.3 is 0 Å². The van der Waals surface area contributed by atoms with Crippen molar-refractivity contribution in [3.05, 3.63) is 53.6 Å². The Morgan fingerprint density at radius 2 is 1.87 bits per heavy atom. The fourth-order valence-corrected chi connectivity index (χ4v) is 1.54. The molecule has 0 unspecified atom stereocenters. The molecule has 0 aliphatic carbocycles. The summed E-state index contributed by atoms with van der Waals surface area (Å²) in [5.41, 5.74) is 3.80. The Labute approximate surface area is 88.6 Å². The van der Waals surface area contributed by atoms with E-state index in [1.165, 1.54) is 5.56 Å². The second-order valence-electron chi connectivity index (χ2n) is 3.70. The van der Waals surface area contributed by atoms with Gasteiger partial charge in [0.05, 0.1) is 0 Å². The van der Waals surface area contributed by atoms with Gasteiger partial charge in [-0.2, -0.15) is 4.39 Å². The van der Waals surface area contributed by atoms with Gasteiger partial charge in [-0.25, -0.2) is 4.98 Å². The van der Waals surface area contributed by atoms with Gasteiger partial charge in [-0.1, -0.05) is 29.8 Å². The maximum atomic E-state index is 13.0. The second kappa shape index (κ2) is 3.81. The van der Waals surface area contributed by atoms with Gasteiger partial charge in [-0.15, -0.1) is 0 Å². The highest BCUT2D eigenvalue weighted by Crippen LogP contribution is 2.21. The lowest BCUT2D eigenvalue weighted by Crippen LogP contribution is -1.89. The fourth-order valence-electron chi connectivity index (χ4n) is 1.54. The molecular weight excluding hydrogens is 189 g/mol. The van der Waals surface area contributed by atoms with Crippen LogP contribution in [0.3, 0.4) is 0 Å². The van der Waals surface area contributed by atoms with Crippen molar-refractivity contribution in [1.29, 1.82) is 0 Å². The molecule has 1 nitrogen and oxygen atoms in total. The topological polar surface area (TPSA) is 12.9 Å². The van der Waals surface area contributed by atoms with Gasteiger partial charge in [0.2, 0.25) is 5.95 Å². The molecule has 0 bridgehead atoms. The van der Waals surface area contributed by atoms with Crippen LogP contribution in [0.25, 0.3) is 11.1 Å². The van der Waals surface area contributed by atoms with Crippen LogP contribution in [0.5, 0.6) is 0 Å². The molecule has 0 saturated carbocycles. The summed E-state index contributed by atoms with van der Waals surface area (Å²) in [5, 5.41) is 0. The quantitative estimate of drug-likeness (QED) is 0.643. The summed E-state index contributed by atoms with van der Waals surface area (Å²) >= 11 is 0. The molecule has 76 valence electrons. The standard InChI is InChI=1S/C13H12FN/c1-9-4-3-5-11(6-9)12-7-10(2)13(14)15-8-12/h3-8H,1-2H3. The summed E-state index contributed by atoms with van der Waals surface area (Å²) in [6, 6.07) is 9.91. The first-order valence-electron chi connectivity index (χ1n) is 4.86. The van der Waals surface area contributed by atoms with E-state index in [4.69, 9.17) is 0 Å². The van der Waals surface area contributed by atoms with Crippen LogP contribution in [0, 0.1) is 19.8 Å². The Morgan fingerprint density at radius 1 is 1.07 bits per heavy atom. The van der Waals surface area contributed by atoms with Crippen LogP contribution >= 0.6 is 0 Å². The Hall–Kier alpha value is -1.70. The van der Waals surface area contributed by atoms with Crippen LogP contribution in [0.2, 0.25) is 0 Å². The van der Waals surface area contributed by atoms with Crippen LogP contribution in [-0.2, 0) is 0 Å². The predicted molar refractivity (Wildman–Crippen MR) is 59.1 cm³/mol. The molecule has 0 N–H and O–H groups in total. The number of aromatic nitrogens is 1. The molecule has 0 atom stereocenters. The molecule has 0 spiro atoms. The summed E-state index contributed by atoms with van der Waals surface area (Å²) in [5.74, 6) is -0.397. The molecule has 1 aromatic carbocycles. The van der Waals surface area contributed by atoms with E-state index in [1.807, 2.05) is 31.2 Å². The van der Waals surface area contributed by atoms with Crippen molar-refractivity contribution < 1.29 is 4.39 Å². The maximum Gasteiger partial charge on any atom is 0.215 e. The third-order valence-electron chi connectivity index (χ3n) is 2.37. The smallest absolute Gasteiger partial charge is 0.215 e. The zero-order valence-electron chi connectivity index (χ0n) is 8.79. The summed E-state index contributed by atoms with van der Waals surface area (Å²) in [7, 11) is 0. The molecule has 2 aromatic rings. The van der Waals surface area contributed by atoms with E-state index in [9.17, 15) is 4.39 Å². The zero-order chi connectivity index (χ0) is 10.8. The van der Waals surface area contributed by atoms with E-state index < -0.39 is 5.95 Å². The average Bonchev–Trinajstić information content (AvgIpc) is 2.22. The monoisotopic (exact) mass is 201 g/mol. The van der Waals surface area contributed by atoms with Gasteiger partial charge in [-0.05, 0) is 25.5 Å². The van der Waals surface area contributed by atoms with Crippen LogP contribution in [-0.4, -0.2) is 4.98 Å². The number of benzene rings is 1. The second-order valence-corrected chi connectivity index (χ2v) is 3.70. The van der Waals surface area contributed by atoms with E-state index in [0.29, 0.717) is 5.56 Å². The normalized spacial score (nSPS) is 10.3. The van der Waals surface area contributed by atoms with Gasteiger partial charge in [0.25, 0.3) is 0 Å². The first-order valence-corrected chi connectivity index (χ1v) is 4.86. The molecule has 0 aliphatic heterocycles. The van der Waals surface area contributed by atoms with Crippen LogP contribution in [0.15, 0.2) is 36.5 Å². The van der Waals surface area contributed by atoms with Crippen LogP contribution < -0.4 is 0 Å². The number of halogens is 1. The summed E-state index contributed by atoms with van der Waals surface area (Å²) in [6.45, 7) is 3.76. The lowest BCUT2D eigenvalue weighted by atomic mass is 10.0. The highest BCUT2D eigenvalue weighted by molar-refractivity contribution is 5.63. The largest absolute Gasteiger partial charge is 0.227 e. The van der Waals surface area contributed by atoms with Gasteiger partial charge in [0.1, 0.15) is 0 Å². The lowest BCUT2D eigenvalue weighted by Gasteiger charge is -2.03. The van der Waals surface area contributed by atoms with Crippen molar-refractivity contribution in [2.75, 3.05) is 0 Å². The van der Waals surface area contributed by atoms with Crippen LogP contribution in [0.1, 0.15) is 11.1 Å². The summed E-state index contributed by atoms with van der Waals surface area (Å²) < 4.78 is 13.0. The average molecular weight is 201 g/mol. The molecule has 0 radical (unpaired) electrons. The highest BCUT2D eigenvalue weighted by atomic mass is 19.1. The van der Waals surface area contributed by atoms with Gasteiger partial charge in [-0.3, -0.25) is 0 Å². The number of pyridine rings is 1. The molecule has 0 amide bonds. The maximum absolute atomic E-state index is 13.0. The van der Waals surface area contributed by atoms with E-state index >= 15 is 0 Å². The molecule has 0 fully saturated rings. The van der Waals surface area contributed by atoms with E-state index in [2.05, 4.69) is 11.1 Å². The molecular formula is C13H12FN. The first kappa shape index (κ1) is 9.84. The Bertz CT molecular complexity index is 492. The molecule has 0 aliphatic rings. The van der Waals surface area contributed by atoms with Gasteiger partial charge in [0, 0.05) is 17.3 Å². The minimum Gasteiger partial charge on any atom is -0.227 e. The van der Waals surface area contributed by atoms with Crippen molar-refractivity contribution in [2.24, 2.45) is 0 Å². The lowest BCUT2D eigenvalue weighted by molar-refractivity contribution is 0.575. The third-order valence-corrected chi connectivity index (χ3v) is 2.37.